The fraction of sp³-hybridized carbons (Fsp3) is 0.571. The van der Waals surface area contributed by atoms with Gasteiger partial charge in [0.15, 0.2) is 0 Å². The molecule has 0 aromatic carbocycles. The van der Waals surface area contributed by atoms with Crippen LogP contribution < -0.4 is 0 Å². The van der Waals surface area contributed by atoms with E-state index in [1.54, 1.807) is 0 Å². The predicted octanol–water partition coefficient (Wildman–Crippen LogP) is 2.10. The van der Waals surface area contributed by atoms with Crippen LogP contribution in [0.3, 0.4) is 0 Å². The van der Waals surface area contributed by atoms with Gasteiger partial charge in [-0.1, -0.05) is 6.42 Å². The fourth-order valence-corrected chi connectivity index (χ4v) is 1.23. The maximum atomic E-state index is 3.90. The highest BCUT2D eigenvalue weighted by atomic mass is 35.5. The van der Waals surface area contributed by atoms with Gasteiger partial charge >= 0.3 is 0 Å². The third-order valence-electron chi connectivity index (χ3n) is 2.10. The molecule has 1 aromatic rings. The molecule has 0 atom stereocenters. The molecule has 1 heterocycles. The van der Waals surface area contributed by atoms with Crippen LogP contribution in [-0.4, -0.2) is 10.2 Å². The van der Waals surface area contributed by atoms with Crippen LogP contribution in [0, 0.1) is 0 Å². The summed E-state index contributed by atoms with van der Waals surface area (Å²) in [5.74, 6) is 0.823. The van der Waals surface area contributed by atoms with Gasteiger partial charge in [-0.25, -0.2) is 0 Å². The average molecular weight is 159 g/mol. The van der Waals surface area contributed by atoms with E-state index in [1.165, 1.54) is 24.8 Å². The van der Waals surface area contributed by atoms with Crippen LogP contribution >= 0.6 is 12.4 Å². The molecular formula is C7H11ClN2. The van der Waals surface area contributed by atoms with Gasteiger partial charge < -0.3 is 0 Å². The van der Waals surface area contributed by atoms with Crippen LogP contribution in [0.2, 0.25) is 0 Å². The first kappa shape index (κ1) is 7.61. The first-order valence-electron chi connectivity index (χ1n) is 3.45. The summed E-state index contributed by atoms with van der Waals surface area (Å²) < 4.78 is 0. The topological polar surface area (TPSA) is 28.7 Å². The highest BCUT2D eigenvalue weighted by Gasteiger charge is 2.19. The summed E-state index contributed by atoms with van der Waals surface area (Å²) in [5, 5.41) is 6.73. The maximum Gasteiger partial charge on any atom is 0.0522 e. The largest absolute Gasteiger partial charge is 0.285 e. The van der Waals surface area contributed by atoms with Gasteiger partial charge in [-0.05, 0) is 24.3 Å². The highest BCUT2D eigenvalue weighted by molar-refractivity contribution is 5.85. The first-order chi connectivity index (χ1) is 4.47. The molecule has 0 saturated heterocycles. The molecule has 0 bridgehead atoms. The standard InChI is InChI=1S/C7H10N2.ClH/c1-2-6(3-1)7-4-8-9-5-7;/h4-6H,1-3H2,(H,8,9);1H. The van der Waals surface area contributed by atoms with E-state index in [9.17, 15) is 0 Å². The van der Waals surface area contributed by atoms with E-state index in [2.05, 4.69) is 10.2 Å². The van der Waals surface area contributed by atoms with E-state index in [4.69, 9.17) is 0 Å². The van der Waals surface area contributed by atoms with Gasteiger partial charge in [-0.3, -0.25) is 5.10 Å². The Morgan fingerprint density at radius 2 is 2.30 bits per heavy atom. The summed E-state index contributed by atoms with van der Waals surface area (Å²) in [6, 6.07) is 0. The van der Waals surface area contributed by atoms with Crippen molar-refractivity contribution in [2.45, 2.75) is 25.2 Å². The zero-order valence-electron chi connectivity index (χ0n) is 5.71. The van der Waals surface area contributed by atoms with Crippen molar-refractivity contribution in [1.29, 1.82) is 0 Å². The molecule has 2 rings (SSSR count). The Morgan fingerprint density at radius 1 is 1.50 bits per heavy atom. The third-order valence-corrected chi connectivity index (χ3v) is 2.10. The lowest BCUT2D eigenvalue weighted by Crippen LogP contribution is -2.07. The molecule has 3 heteroatoms. The molecule has 1 N–H and O–H groups in total. The number of H-pyrrole nitrogens is 1. The number of aromatic amines is 1. The van der Waals surface area contributed by atoms with Crippen LogP contribution in [0.25, 0.3) is 0 Å². The second kappa shape index (κ2) is 3.06. The zero-order valence-corrected chi connectivity index (χ0v) is 6.53. The van der Waals surface area contributed by atoms with Crippen molar-refractivity contribution in [3.8, 4) is 0 Å². The molecule has 10 heavy (non-hydrogen) atoms. The molecule has 0 unspecified atom stereocenters. The van der Waals surface area contributed by atoms with Crippen LogP contribution in [0.15, 0.2) is 12.4 Å². The smallest absolute Gasteiger partial charge is 0.0522 e. The fourth-order valence-electron chi connectivity index (χ4n) is 1.23. The van der Waals surface area contributed by atoms with E-state index in [-0.39, 0.29) is 12.4 Å². The van der Waals surface area contributed by atoms with Crippen molar-refractivity contribution in [2.75, 3.05) is 0 Å². The van der Waals surface area contributed by atoms with Gasteiger partial charge in [0.05, 0.1) is 6.20 Å². The lowest BCUT2D eigenvalue weighted by Gasteiger charge is -2.23. The quantitative estimate of drug-likeness (QED) is 0.666. The minimum atomic E-state index is 0. The summed E-state index contributed by atoms with van der Waals surface area (Å²) in [7, 11) is 0. The first-order valence-corrected chi connectivity index (χ1v) is 3.45. The lowest BCUT2D eigenvalue weighted by molar-refractivity contribution is 0.420. The number of hydrogen-bond acceptors (Lipinski definition) is 1. The maximum absolute atomic E-state index is 3.90. The van der Waals surface area contributed by atoms with Gasteiger partial charge in [-0.15, -0.1) is 12.4 Å². The minimum Gasteiger partial charge on any atom is -0.285 e. The molecule has 0 spiro atoms. The van der Waals surface area contributed by atoms with Gasteiger partial charge in [0.2, 0.25) is 0 Å². The van der Waals surface area contributed by atoms with Crippen molar-refractivity contribution < 1.29 is 0 Å². The number of rotatable bonds is 1. The molecule has 0 radical (unpaired) electrons. The van der Waals surface area contributed by atoms with Crippen molar-refractivity contribution >= 4 is 12.4 Å². The Hall–Kier alpha value is -0.500. The Bertz CT molecular complexity index is 179. The van der Waals surface area contributed by atoms with Crippen LogP contribution in [0.1, 0.15) is 30.7 Å². The molecular weight excluding hydrogens is 148 g/mol. The van der Waals surface area contributed by atoms with E-state index in [0.717, 1.165) is 5.92 Å². The van der Waals surface area contributed by atoms with Crippen LogP contribution in [0.5, 0.6) is 0 Å². The molecule has 1 fully saturated rings. The summed E-state index contributed by atoms with van der Waals surface area (Å²) in [5.41, 5.74) is 1.39. The Labute approximate surface area is 66.4 Å². The van der Waals surface area contributed by atoms with E-state index >= 15 is 0 Å². The average Bonchev–Trinajstić information content (AvgIpc) is 2.11. The highest BCUT2D eigenvalue weighted by Crippen LogP contribution is 2.35. The van der Waals surface area contributed by atoms with E-state index in [1.807, 2.05) is 12.4 Å². The van der Waals surface area contributed by atoms with Crippen molar-refractivity contribution in [3.63, 3.8) is 0 Å². The Kier molecular flexibility index (Phi) is 2.33. The molecule has 0 amide bonds. The molecule has 1 aliphatic carbocycles. The zero-order chi connectivity index (χ0) is 6.10. The molecule has 0 aliphatic heterocycles. The van der Waals surface area contributed by atoms with E-state index in [0.29, 0.717) is 0 Å². The lowest BCUT2D eigenvalue weighted by atomic mass is 9.81. The second-order valence-corrected chi connectivity index (χ2v) is 2.66. The van der Waals surface area contributed by atoms with Crippen LogP contribution in [0.4, 0.5) is 0 Å². The van der Waals surface area contributed by atoms with E-state index < -0.39 is 0 Å². The number of halogens is 1. The van der Waals surface area contributed by atoms with Crippen LogP contribution in [-0.2, 0) is 0 Å². The van der Waals surface area contributed by atoms with Crippen molar-refractivity contribution in [3.05, 3.63) is 18.0 Å². The number of hydrogen-bond donors (Lipinski definition) is 1. The number of nitrogens with one attached hydrogen (secondary N) is 1. The van der Waals surface area contributed by atoms with Gasteiger partial charge in [0, 0.05) is 6.20 Å². The van der Waals surface area contributed by atoms with Gasteiger partial charge in [0.25, 0.3) is 0 Å². The summed E-state index contributed by atoms with van der Waals surface area (Å²) in [4.78, 5) is 0. The van der Waals surface area contributed by atoms with Gasteiger partial charge in [-0.2, -0.15) is 5.10 Å². The second-order valence-electron chi connectivity index (χ2n) is 2.66. The van der Waals surface area contributed by atoms with Crippen molar-refractivity contribution in [1.82, 2.24) is 10.2 Å². The van der Waals surface area contributed by atoms with Crippen molar-refractivity contribution in [2.24, 2.45) is 0 Å². The predicted molar refractivity (Wildman–Crippen MR) is 42.4 cm³/mol. The number of nitrogens with zero attached hydrogens (tertiary/aromatic N) is 1. The summed E-state index contributed by atoms with van der Waals surface area (Å²) >= 11 is 0. The number of aromatic nitrogens is 2. The Balaban J connectivity index is 0.000000500. The molecule has 56 valence electrons. The summed E-state index contributed by atoms with van der Waals surface area (Å²) in [6.07, 6.45) is 8.06. The summed E-state index contributed by atoms with van der Waals surface area (Å²) in [6.45, 7) is 0. The Morgan fingerprint density at radius 3 is 2.70 bits per heavy atom. The minimum absolute atomic E-state index is 0. The molecule has 2 nitrogen and oxygen atoms in total. The monoisotopic (exact) mass is 158 g/mol. The SMILES string of the molecule is Cl.c1n[nH]cc1C1CCC1. The molecule has 1 aliphatic rings. The van der Waals surface area contributed by atoms with Gasteiger partial charge in [0.1, 0.15) is 0 Å². The normalized spacial score (nSPS) is 17.6. The molecule has 1 aromatic heterocycles. The molecule has 1 saturated carbocycles. The third kappa shape index (κ3) is 1.16.